The molecular formula is C22H21FN4O. The molecule has 0 unspecified atom stereocenters. The van der Waals surface area contributed by atoms with Gasteiger partial charge in [0.25, 0.3) is 0 Å². The van der Waals surface area contributed by atoms with E-state index in [1.165, 1.54) is 0 Å². The molecule has 2 N–H and O–H groups in total. The minimum Gasteiger partial charge on any atom is -0.393 e. The molecule has 1 aliphatic heterocycles. The van der Waals surface area contributed by atoms with Gasteiger partial charge in [-0.1, -0.05) is 24.3 Å². The second-order valence-corrected chi connectivity index (χ2v) is 7.04. The molecule has 0 spiro atoms. The zero-order valence-electron chi connectivity index (χ0n) is 15.4. The predicted octanol–water partition coefficient (Wildman–Crippen LogP) is 3.82. The Hall–Kier alpha value is -3.17. The molecule has 5 nitrogen and oxygen atoms in total. The second-order valence-electron chi connectivity index (χ2n) is 7.04. The summed E-state index contributed by atoms with van der Waals surface area (Å²) in [6.45, 7) is 1.76. The molecule has 0 saturated carbocycles. The monoisotopic (exact) mass is 376 g/mol. The Morgan fingerprint density at radius 3 is 2.71 bits per heavy atom. The van der Waals surface area contributed by atoms with Gasteiger partial charge in [0.2, 0.25) is 0 Å². The van der Waals surface area contributed by atoms with Crippen molar-refractivity contribution in [2.45, 2.75) is 25.5 Å². The van der Waals surface area contributed by atoms with E-state index in [4.69, 9.17) is 0 Å². The zero-order valence-corrected chi connectivity index (χ0v) is 15.4. The van der Waals surface area contributed by atoms with Crippen molar-refractivity contribution in [1.29, 1.82) is 5.26 Å². The first kappa shape index (κ1) is 18.2. The fourth-order valence-corrected chi connectivity index (χ4v) is 3.60. The number of hydrogen-bond acceptors (Lipinski definition) is 5. The van der Waals surface area contributed by atoms with E-state index in [0.29, 0.717) is 43.9 Å². The van der Waals surface area contributed by atoms with Crippen LogP contribution >= 0.6 is 0 Å². The van der Waals surface area contributed by atoms with Crippen molar-refractivity contribution < 1.29 is 9.50 Å². The lowest BCUT2D eigenvalue weighted by molar-refractivity contribution is 0.145. The van der Waals surface area contributed by atoms with Gasteiger partial charge in [0.05, 0.1) is 17.3 Å². The molecule has 2 heterocycles. The number of nitriles is 1. The van der Waals surface area contributed by atoms with E-state index in [-0.39, 0.29) is 11.9 Å². The summed E-state index contributed by atoms with van der Waals surface area (Å²) in [6, 6.07) is 16.7. The van der Waals surface area contributed by atoms with E-state index in [1.807, 2.05) is 35.2 Å². The number of nitrogens with one attached hydrogen (secondary N) is 1. The van der Waals surface area contributed by atoms with Crippen LogP contribution in [0.3, 0.4) is 0 Å². The van der Waals surface area contributed by atoms with Gasteiger partial charge in [-0.05, 0) is 42.7 Å². The lowest BCUT2D eigenvalue weighted by Crippen LogP contribution is -2.36. The number of aliphatic hydroxyl groups is 1. The molecule has 0 amide bonds. The van der Waals surface area contributed by atoms with Crippen molar-refractivity contribution in [2.75, 3.05) is 23.3 Å². The summed E-state index contributed by atoms with van der Waals surface area (Å²) < 4.78 is 14.6. The van der Waals surface area contributed by atoms with E-state index in [2.05, 4.69) is 16.4 Å². The van der Waals surface area contributed by atoms with Crippen molar-refractivity contribution >= 4 is 22.3 Å². The van der Waals surface area contributed by atoms with Crippen LogP contribution in [0.1, 0.15) is 24.1 Å². The lowest BCUT2D eigenvalue weighted by Gasteiger charge is -2.31. The van der Waals surface area contributed by atoms with Gasteiger partial charge in [-0.15, -0.1) is 0 Å². The first-order valence-electron chi connectivity index (χ1n) is 9.39. The first-order valence-corrected chi connectivity index (χ1v) is 9.39. The third kappa shape index (κ3) is 3.75. The molecule has 0 atom stereocenters. The molecule has 1 fully saturated rings. The fourth-order valence-electron chi connectivity index (χ4n) is 3.60. The molecule has 142 valence electrons. The van der Waals surface area contributed by atoms with Crippen LogP contribution in [0.5, 0.6) is 0 Å². The Morgan fingerprint density at radius 2 is 1.96 bits per heavy atom. The topological polar surface area (TPSA) is 72.2 Å². The first-order chi connectivity index (χ1) is 13.6. The average molecular weight is 376 g/mol. The van der Waals surface area contributed by atoms with Crippen LogP contribution in [0.25, 0.3) is 10.9 Å². The third-order valence-electron chi connectivity index (χ3n) is 5.13. The average Bonchev–Trinajstić information content (AvgIpc) is 2.72. The quantitative estimate of drug-likeness (QED) is 0.724. The summed E-state index contributed by atoms with van der Waals surface area (Å²) in [5, 5.41) is 23.1. The number of aromatic nitrogens is 1. The van der Waals surface area contributed by atoms with Crippen LogP contribution in [0.2, 0.25) is 0 Å². The fraction of sp³-hybridized carbons (Fsp3) is 0.273. The summed E-state index contributed by atoms with van der Waals surface area (Å²) in [5.74, 6) is -0.256. The Balaban J connectivity index is 1.52. The number of anilines is 2. The highest BCUT2D eigenvalue weighted by molar-refractivity contribution is 5.91. The zero-order chi connectivity index (χ0) is 19.5. The maximum absolute atomic E-state index is 14.6. The number of rotatable bonds is 4. The summed E-state index contributed by atoms with van der Waals surface area (Å²) in [6.07, 6.45) is 1.05. The van der Waals surface area contributed by atoms with Crippen LogP contribution < -0.4 is 10.2 Å². The highest BCUT2D eigenvalue weighted by Gasteiger charge is 2.19. The maximum atomic E-state index is 14.6. The summed E-state index contributed by atoms with van der Waals surface area (Å²) in [7, 11) is 0. The number of aliphatic hydroxyl groups excluding tert-OH is 1. The number of piperidine rings is 1. The van der Waals surface area contributed by atoms with Crippen molar-refractivity contribution in [2.24, 2.45) is 0 Å². The maximum Gasteiger partial charge on any atom is 0.146 e. The Kier molecular flexibility index (Phi) is 5.09. The highest BCUT2D eigenvalue weighted by Crippen LogP contribution is 2.26. The Morgan fingerprint density at radius 1 is 1.18 bits per heavy atom. The number of halogens is 1. The highest BCUT2D eigenvalue weighted by atomic mass is 19.1. The van der Waals surface area contributed by atoms with E-state index < -0.39 is 0 Å². The van der Waals surface area contributed by atoms with E-state index in [1.54, 1.807) is 18.2 Å². The lowest BCUT2D eigenvalue weighted by atomic mass is 10.1. The van der Waals surface area contributed by atoms with Gasteiger partial charge in [-0.3, -0.25) is 0 Å². The van der Waals surface area contributed by atoms with Gasteiger partial charge in [-0.25, -0.2) is 9.37 Å². The van der Waals surface area contributed by atoms with Gasteiger partial charge in [0.15, 0.2) is 0 Å². The van der Waals surface area contributed by atoms with Crippen LogP contribution in [0, 0.1) is 17.1 Å². The molecule has 3 aromatic rings. The summed E-state index contributed by atoms with van der Waals surface area (Å²) >= 11 is 0. The Bertz CT molecular complexity index is 1040. The predicted molar refractivity (Wildman–Crippen MR) is 108 cm³/mol. The molecule has 0 radical (unpaired) electrons. The number of hydrogen-bond donors (Lipinski definition) is 2. The number of nitrogens with zero attached hydrogens (tertiary/aromatic N) is 3. The minimum atomic E-state index is -0.281. The molecule has 0 aliphatic carbocycles. The van der Waals surface area contributed by atoms with Crippen molar-refractivity contribution in [3.8, 4) is 6.07 Å². The standard InChI is InChI=1S/C22H21FN4O/c23-19-11-15(5-6-22(19)27-9-7-17(28)8-10-27)14-25-21-12-16(13-24)26-20-4-2-1-3-18(20)21/h1-6,11-12,17,28H,7-10,14H2,(H,25,26). The van der Waals surface area contributed by atoms with Crippen molar-refractivity contribution in [3.05, 3.63) is 65.6 Å². The third-order valence-corrected chi connectivity index (χ3v) is 5.13. The SMILES string of the molecule is N#Cc1cc(NCc2ccc(N3CCC(O)CC3)c(F)c2)c2ccccc2n1. The molecule has 28 heavy (non-hydrogen) atoms. The molecule has 4 rings (SSSR count). The minimum absolute atomic E-state index is 0.256. The smallest absolute Gasteiger partial charge is 0.146 e. The number of pyridine rings is 1. The molecule has 1 aromatic heterocycles. The summed E-state index contributed by atoms with van der Waals surface area (Å²) in [5.41, 5.74) is 3.29. The second kappa shape index (κ2) is 7.83. The Labute approximate surface area is 163 Å². The van der Waals surface area contributed by atoms with Crippen LogP contribution in [0.15, 0.2) is 48.5 Å². The molecule has 0 bridgehead atoms. The number of para-hydroxylation sites is 1. The van der Waals surface area contributed by atoms with Crippen molar-refractivity contribution in [1.82, 2.24) is 4.98 Å². The molecule has 6 heteroatoms. The van der Waals surface area contributed by atoms with E-state index >= 15 is 0 Å². The number of benzene rings is 2. The van der Waals surface area contributed by atoms with Gasteiger partial charge in [-0.2, -0.15) is 5.26 Å². The van der Waals surface area contributed by atoms with E-state index in [0.717, 1.165) is 22.2 Å². The summed E-state index contributed by atoms with van der Waals surface area (Å²) in [4.78, 5) is 6.29. The van der Waals surface area contributed by atoms with E-state index in [9.17, 15) is 14.8 Å². The normalized spacial score (nSPS) is 14.8. The largest absolute Gasteiger partial charge is 0.393 e. The van der Waals surface area contributed by atoms with Gasteiger partial charge < -0.3 is 15.3 Å². The van der Waals surface area contributed by atoms with Crippen LogP contribution in [-0.4, -0.2) is 29.3 Å². The van der Waals surface area contributed by atoms with Crippen molar-refractivity contribution in [3.63, 3.8) is 0 Å². The molecule has 1 saturated heterocycles. The molecular weight excluding hydrogens is 355 g/mol. The van der Waals surface area contributed by atoms with Gasteiger partial charge in [0, 0.05) is 30.7 Å². The van der Waals surface area contributed by atoms with Crippen LogP contribution in [-0.2, 0) is 6.54 Å². The number of fused-ring (bicyclic) bond motifs is 1. The molecule has 1 aliphatic rings. The van der Waals surface area contributed by atoms with Gasteiger partial charge in [0.1, 0.15) is 17.6 Å². The van der Waals surface area contributed by atoms with Crippen LogP contribution in [0.4, 0.5) is 15.8 Å². The molecule has 2 aromatic carbocycles. The van der Waals surface area contributed by atoms with Gasteiger partial charge >= 0.3 is 0 Å².